The van der Waals surface area contributed by atoms with Gasteiger partial charge in [-0.05, 0) is 45.0 Å². The monoisotopic (exact) mass is 255 g/mol. The zero-order valence-electron chi connectivity index (χ0n) is 11.4. The first-order chi connectivity index (χ1) is 8.99. The van der Waals surface area contributed by atoms with Gasteiger partial charge in [-0.2, -0.15) is 5.26 Å². The van der Waals surface area contributed by atoms with Crippen LogP contribution in [0.1, 0.15) is 32.0 Å². The fraction of sp³-hybridized carbons (Fsp3) is 0.357. The van der Waals surface area contributed by atoms with Crippen LogP contribution >= 0.6 is 0 Å². The number of aromatic nitrogens is 3. The molecule has 5 heteroatoms. The maximum Gasteiger partial charge on any atom is 0.102 e. The Hall–Kier alpha value is -2.35. The van der Waals surface area contributed by atoms with E-state index in [1.165, 1.54) is 0 Å². The summed E-state index contributed by atoms with van der Waals surface area (Å²) < 4.78 is 1.85. The molecule has 0 saturated heterocycles. The van der Waals surface area contributed by atoms with Crippen LogP contribution in [-0.4, -0.2) is 15.0 Å². The Kier molecular flexibility index (Phi) is 3.52. The predicted octanol–water partition coefficient (Wildman–Crippen LogP) is 2.52. The van der Waals surface area contributed by atoms with E-state index in [1.807, 2.05) is 23.0 Å². The highest BCUT2D eigenvalue weighted by atomic mass is 15.4. The fourth-order valence-corrected chi connectivity index (χ4v) is 1.56. The summed E-state index contributed by atoms with van der Waals surface area (Å²) >= 11 is 0. The summed E-state index contributed by atoms with van der Waals surface area (Å²) in [6.45, 7) is 6.86. The highest BCUT2D eigenvalue weighted by molar-refractivity contribution is 5.47. The zero-order valence-corrected chi connectivity index (χ0v) is 11.4. The molecule has 98 valence electrons. The fourth-order valence-electron chi connectivity index (χ4n) is 1.56. The molecule has 0 aliphatic carbocycles. The number of nitrogens with one attached hydrogen (secondary N) is 1. The molecule has 1 heterocycles. The number of rotatable bonds is 3. The molecular weight excluding hydrogens is 238 g/mol. The number of nitrogens with zero attached hydrogens (tertiary/aromatic N) is 4. The summed E-state index contributed by atoms with van der Waals surface area (Å²) in [5, 5.41) is 20.2. The van der Waals surface area contributed by atoms with Gasteiger partial charge in [-0.25, -0.2) is 4.68 Å². The minimum Gasteiger partial charge on any atom is -0.379 e. The van der Waals surface area contributed by atoms with Crippen molar-refractivity contribution in [1.29, 1.82) is 5.26 Å². The largest absolute Gasteiger partial charge is 0.379 e. The molecule has 0 amide bonds. The van der Waals surface area contributed by atoms with E-state index < -0.39 is 0 Å². The quantitative estimate of drug-likeness (QED) is 0.915. The lowest BCUT2D eigenvalue weighted by Gasteiger charge is -2.17. The first kappa shape index (κ1) is 13.1. The van der Waals surface area contributed by atoms with Gasteiger partial charge in [0.25, 0.3) is 0 Å². The molecule has 0 fully saturated rings. The van der Waals surface area contributed by atoms with Gasteiger partial charge in [0.1, 0.15) is 5.69 Å². The Balaban J connectivity index is 1.99. The molecule has 2 rings (SSSR count). The molecule has 0 radical (unpaired) electrons. The van der Waals surface area contributed by atoms with Crippen molar-refractivity contribution in [2.75, 3.05) is 5.32 Å². The van der Waals surface area contributed by atoms with Gasteiger partial charge in [0, 0.05) is 5.69 Å². The lowest BCUT2D eigenvalue weighted by Crippen LogP contribution is -2.22. The van der Waals surface area contributed by atoms with Crippen LogP contribution in [0.5, 0.6) is 0 Å². The second-order valence-corrected chi connectivity index (χ2v) is 5.37. The average molecular weight is 255 g/mol. The third kappa shape index (κ3) is 3.32. The van der Waals surface area contributed by atoms with Crippen LogP contribution in [0.2, 0.25) is 0 Å². The van der Waals surface area contributed by atoms with Crippen molar-refractivity contribution in [1.82, 2.24) is 15.0 Å². The van der Waals surface area contributed by atoms with Crippen molar-refractivity contribution in [3.63, 3.8) is 0 Å². The molecule has 0 unspecified atom stereocenters. The van der Waals surface area contributed by atoms with Gasteiger partial charge < -0.3 is 5.32 Å². The van der Waals surface area contributed by atoms with Gasteiger partial charge in [-0.15, -0.1) is 5.10 Å². The van der Waals surface area contributed by atoms with Crippen molar-refractivity contribution < 1.29 is 0 Å². The molecule has 0 bridgehead atoms. The number of hydrogen-bond acceptors (Lipinski definition) is 4. The number of benzene rings is 1. The summed E-state index contributed by atoms with van der Waals surface area (Å²) in [5.41, 5.74) is 2.45. The summed E-state index contributed by atoms with van der Waals surface area (Å²) in [6, 6.07) is 9.43. The van der Waals surface area contributed by atoms with Gasteiger partial charge >= 0.3 is 0 Å². The van der Waals surface area contributed by atoms with Gasteiger partial charge in [-0.3, -0.25) is 0 Å². The highest BCUT2D eigenvalue weighted by Crippen LogP contribution is 2.13. The third-order valence-corrected chi connectivity index (χ3v) is 2.72. The van der Waals surface area contributed by atoms with Crippen LogP contribution in [0.25, 0.3) is 0 Å². The normalized spacial score (nSPS) is 11.1. The predicted molar refractivity (Wildman–Crippen MR) is 73.5 cm³/mol. The van der Waals surface area contributed by atoms with Gasteiger partial charge in [-0.1, -0.05) is 5.21 Å². The van der Waals surface area contributed by atoms with Crippen LogP contribution < -0.4 is 5.32 Å². The molecule has 0 atom stereocenters. The van der Waals surface area contributed by atoms with Crippen molar-refractivity contribution in [2.24, 2.45) is 0 Å². The maximum atomic E-state index is 8.72. The lowest BCUT2D eigenvalue weighted by atomic mass is 10.1. The van der Waals surface area contributed by atoms with Gasteiger partial charge in [0.05, 0.1) is 29.9 Å². The molecule has 0 aliphatic rings. The van der Waals surface area contributed by atoms with E-state index in [1.54, 1.807) is 12.1 Å². The van der Waals surface area contributed by atoms with Gasteiger partial charge in [0.15, 0.2) is 0 Å². The van der Waals surface area contributed by atoms with E-state index >= 15 is 0 Å². The lowest BCUT2D eigenvalue weighted by molar-refractivity contribution is 0.347. The zero-order chi connectivity index (χ0) is 13.9. The van der Waals surface area contributed by atoms with Crippen LogP contribution in [0.4, 0.5) is 5.69 Å². The van der Waals surface area contributed by atoms with Crippen LogP contribution in [0, 0.1) is 11.3 Å². The summed E-state index contributed by atoms with van der Waals surface area (Å²) in [5.74, 6) is 0. The maximum absolute atomic E-state index is 8.72. The Morgan fingerprint density at radius 3 is 2.47 bits per heavy atom. The Labute approximate surface area is 112 Å². The number of nitriles is 1. The summed E-state index contributed by atoms with van der Waals surface area (Å²) in [4.78, 5) is 0. The van der Waals surface area contributed by atoms with Crippen molar-refractivity contribution in [3.05, 3.63) is 41.7 Å². The standard InChI is InChI=1S/C14H17N5/c1-14(2,3)19-10-13(17-18-19)9-16-12-6-4-11(8-15)5-7-12/h4-7,10,16H,9H2,1-3H3. The molecule has 2 aromatic rings. The second kappa shape index (κ2) is 5.11. The van der Waals surface area contributed by atoms with E-state index in [4.69, 9.17) is 5.26 Å². The van der Waals surface area contributed by atoms with Crippen LogP contribution in [0.15, 0.2) is 30.5 Å². The molecule has 0 spiro atoms. The molecule has 1 aromatic heterocycles. The van der Waals surface area contributed by atoms with Crippen molar-refractivity contribution >= 4 is 5.69 Å². The molecule has 5 nitrogen and oxygen atoms in total. The highest BCUT2D eigenvalue weighted by Gasteiger charge is 2.14. The molecule has 0 saturated carbocycles. The van der Waals surface area contributed by atoms with E-state index in [0.29, 0.717) is 12.1 Å². The average Bonchev–Trinajstić information content (AvgIpc) is 2.86. The van der Waals surface area contributed by atoms with Crippen LogP contribution in [0.3, 0.4) is 0 Å². The van der Waals surface area contributed by atoms with Gasteiger partial charge in [0.2, 0.25) is 0 Å². The number of anilines is 1. The second-order valence-electron chi connectivity index (χ2n) is 5.37. The SMILES string of the molecule is CC(C)(C)n1cc(CNc2ccc(C#N)cc2)nn1. The van der Waals surface area contributed by atoms with E-state index in [9.17, 15) is 0 Å². The van der Waals surface area contributed by atoms with E-state index in [0.717, 1.165) is 11.4 Å². The molecule has 19 heavy (non-hydrogen) atoms. The first-order valence-electron chi connectivity index (χ1n) is 6.15. The molecular formula is C14H17N5. The van der Waals surface area contributed by atoms with Crippen molar-refractivity contribution in [3.8, 4) is 6.07 Å². The van der Waals surface area contributed by atoms with E-state index in [2.05, 4.69) is 42.5 Å². The Bertz CT molecular complexity index is 584. The first-order valence-corrected chi connectivity index (χ1v) is 6.15. The minimum atomic E-state index is -0.0559. The van der Waals surface area contributed by atoms with E-state index in [-0.39, 0.29) is 5.54 Å². The topological polar surface area (TPSA) is 66.5 Å². The van der Waals surface area contributed by atoms with Crippen LogP contribution in [-0.2, 0) is 12.1 Å². The Morgan fingerprint density at radius 2 is 1.95 bits per heavy atom. The summed E-state index contributed by atoms with van der Waals surface area (Å²) in [7, 11) is 0. The smallest absolute Gasteiger partial charge is 0.102 e. The van der Waals surface area contributed by atoms with Crippen molar-refractivity contribution in [2.45, 2.75) is 32.9 Å². The Morgan fingerprint density at radius 1 is 1.26 bits per heavy atom. The third-order valence-electron chi connectivity index (χ3n) is 2.72. The minimum absolute atomic E-state index is 0.0559. The summed E-state index contributed by atoms with van der Waals surface area (Å²) in [6.07, 6.45) is 1.94. The molecule has 1 aromatic carbocycles. The molecule has 1 N–H and O–H groups in total. The molecule has 0 aliphatic heterocycles. The number of hydrogen-bond donors (Lipinski definition) is 1.